The number of aromatic nitrogens is 2. The van der Waals surface area contributed by atoms with Crippen LogP contribution < -0.4 is 0 Å². The van der Waals surface area contributed by atoms with Gasteiger partial charge >= 0.3 is 0 Å². The van der Waals surface area contributed by atoms with Gasteiger partial charge in [-0.05, 0) is 48.4 Å². The van der Waals surface area contributed by atoms with Crippen molar-refractivity contribution < 1.29 is 4.79 Å². The van der Waals surface area contributed by atoms with E-state index in [2.05, 4.69) is 4.98 Å². The monoisotopic (exact) mass is 306 g/mol. The largest absolute Gasteiger partial charge is 0.322 e. The van der Waals surface area contributed by atoms with E-state index >= 15 is 0 Å². The molecule has 0 atom stereocenters. The van der Waals surface area contributed by atoms with E-state index < -0.39 is 5.24 Å². The Bertz CT molecular complexity index is 775. The second-order valence-electron chi connectivity index (χ2n) is 4.38. The molecule has 0 saturated carbocycles. The topological polar surface area (TPSA) is 34.9 Å². The van der Waals surface area contributed by atoms with Crippen molar-refractivity contribution in [1.29, 1.82) is 0 Å². The third kappa shape index (κ3) is 2.42. The molecule has 20 heavy (non-hydrogen) atoms. The summed E-state index contributed by atoms with van der Waals surface area (Å²) in [5.41, 5.74) is 3.30. The van der Waals surface area contributed by atoms with Crippen LogP contribution in [0.25, 0.3) is 16.6 Å². The Balaban J connectivity index is 0.00000147. The van der Waals surface area contributed by atoms with Crippen molar-refractivity contribution in [3.05, 3.63) is 60.0 Å². The number of pyridine rings is 1. The first-order valence-corrected chi connectivity index (χ1v) is 6.27. The third-order valence-corrected chi connectivity index (χ3v) is 3.34. The van der Waals surface area contributed by atoms with Crippen LogP contribution in [0.1, 0.15) is 15.9 Å². The number of aryl methyl sites for hydroxylation is 1. The molecule has 2 heterocycles. The Hall–Kier alpha value is -1.84. The van der Waals surface area contributed by atoms with Gasteiger partial charge in [0.25, 0.3) is 5.24 Å². The van der Waals surface area contributed by atoms with E-state index in [0.717, 1.165) is 22.2 Å². The fraction of sp³-hybridized carbons (Fsp3) is 0.0667. The highest BCUT2D eigenvalue weighted by Gasteiger charge is 2.11. The average Bonchev–Trinajstić information content (AvgIpc) is 2.80. The molecule has 0 aliphatic rings. The minimum Gasteiger partial charge on any atom is -0.322 e. The molecule has 0 unspecified atom stereocenters. The summed E-state index contributed by atoms with van der Waals surface area (Å²) in [6.45, 7) is 1.87. The van der Waals surface area contributed by atoms with E-state index in [1.54, 1.807) is 12.4 Å². The van der Waals surface area contributed by atoms with Gasteiger partial charge in [-0.25, -0.2) is 0 Å². The Morgan fingerprint density at radius 1 is 1.20 bits per heavy atom. The number of carbonyl (C=O) groups excluding carboxylic acids is 1. The van der Waals surface area contributed by atoms with Gasteiger partial charge in [-0.3, -0.25) is 9.78 Å². The molecule has 0 aliphatic carbocycles. The molecule has 102 valence electrons. The van der Waals surface area contributed by atoms with Gasteiger partial charge in [-0.15, -0.1) is 12.4 Å². The van der Waals surface area contributed by atoms with Gasteiger partial charge in [0.1, 0.15) is 0 Å². The second-order valence-corrected chi connectivity index (χ2v) is 4.73. The van der Waals surface area contributed by atoms with Gasteiger partial charge in [0.2, 0.25) is 0 Å². The van der Waals surface area contributed by atoms with E-state index in [9.17, 15) is 4.79 Å². The van der Waals surface area contributed by atoms with Crippen molar-refractivity contribution in [2.45, 2.75) is 6.92 Å². The number of benzene rings is 1. The minimum absolute atomic E-state index is 0. The summed E-state index contributed by atoms with van der Waals surface area (Å²) in [6.07, 6.45) is 5.42. The van der Waals surface area contributed by atoms with Crippen molar-refractivity contribution >= 4 is 40.2 Å². The quantitative estimate of drug-likeness (QED) is 0.667. The third-order valence-electron chi connectivity index (χ3n) is 3.14. The zero-order valence-corrected chi connectivity index (χ0v) is 12.3. The highest BCUT2D eigenvalue weighted by molar-refractivity contribution is 6.67. The van der Waals surface area contributed by atoms with Crippen LogP contribution in [0.4, 0.5) is 0 Å². The lowest BCUT2D eigenvalue weighted by Gasteiger charge is -2.06. The summed E-state index contributed by atoms with van der Waals surface area (Å²) in [5, 5.41) is 0.600. The number of hydrogen-bond acceptors (Lipinski definition) is 2. The fourth-order valence-corrected chi connectivity index (χ4v) is 2.41. The molecule has 0 aliphatic heterocycles. The van der Waals surface area contributed by atoms with E-state index in [4.69, 9.17) is 11.6 Å². The molecule has 3 nitrogen and oxygen atoms in total. The van der Waals surface area contributed by atoms with Crippen LogP contribution in [-0.4, -0.2) is 14.8 Å². The zero-order chi connectivity index (χ0) is 13.4. The van der Waals surface area contributed by atoms with E-state index in [0.29, 0.717) is 5.56 Å². The molecule has 0 saturated heterocycles. The predicted octanol–water partition coefficient (Wildman–Crippen LogP) is 4.13. The summed E-state index contributed by atoms with van der Waals surface area (Å²) in [4.78, 5) is 15.6. The van der Waals surface area contributed by atoms with Crippen LogP contribution in [0.2, 0.25) is 0 Å². The van der Waals surface area contributed by atoms with Crippen LogP contribution in [-0.2, 0) is 0 Å². The van der Waals surface area contributed by atoms with Gasteiger partial charge in [0.15, 0.2) is 0 Å². The van der Waals surface area contributed by atoms with Crippen molar-refractivity contribution in [2.24, 2.45) is 0 Å². The summed E-state index contributed by atoms with van der Waals surface area (Å²) in [7, 11) is 0. The molecule has 2 aromatic heterocycles. The molecule has 0 spiro atoms. The van der Waals surface area contributed by atoms with Crippen LogP contribution in [0, 0.1) is 6.92 Å². The summed E-state index contributed by atoms with van der Waals surface area (Å²) >= 11 is 5.56. The van der Waals surface area contributed by atoms with Gasteiger partial charge < -0.3 is 4.57 Å². The standard InChI is InChI=1S/C15H11ClN2O.ClH/c1-10-8-18(9-12(10)15(16)19)14-6-2-5-13-11(14)4-3-7-17-13;/h2-9H,1H3;1H. The highest BCUT2D eigenvalue weighted by atomic mass is 35.5. The molecule has 0 N–H and O–H groups in total. The Labute approximate surface area is 127 Å². The maximum atomic E-state index is 11.3. The van der Waals surface area contributed by atoms with E-state index in [1.807, 2.05) is 48.0 Å². The van der Waals surface area contributed by atoms with Crippen molar-refractivity contribution in [3.63, 3.8) is 0 Å². The number of halogens is 2. The lowest BCUT2D eigenvalue weighted by Crippen LogP contribution is -1.93. The van der Waals surface area contributed by atoms with Crippen molar-refractivity contribution in [1.82, 2.24) is 9.55 Å². The first-order valence-electron chi connectivity index (χ1n) is 5.89. The van der Waals surface area contributed by atoms with Gasteiger partial charge in [0, 0.05) is 24.0 Å². The van der Waals surface area contributed by atoms with Gasteiger partial charge in [0.05, 0.1) is 16.8 Å². The number of fused-ring (bicyclic) bond motifs is 1. The van der Waals surface area contributed by atoms with Gasteiger partial charge in [-0.1, -0.05) is 6.07 Å². The van der Waals surface area contributed by atoms with E-state index in [1.165, 1.54) is 0 Å². The number of hydrogen-bond donors (Lipinski definition) is 0. The molecule has 0 radical (unpaired) electrons. The van der Waals surface area contributed by atoms with Crippen molar-refractivity contribution in [2.75, 3.05) is 0 Å². The van der Waals surface area contributed by atoms with Gasteiger partial charge in [-0.2, -0.15) is 0 Å². The summed E-state index contributed by atoms with van der Waals surface area (Å²) in [6, 6.07) is 9.81. The normalized spacial score (nSPS) is 10.3. The average molecular weight is 307 g/mol. The first kappa shape index (κ1) is 14.6. The molecular formula is C15H12Cl2N2O. The van der Waals surface area contributed by atoms with Crippen LogP contribution in [0.15, 0.2) is 48.9 Å². The molecule has 3 aromatic rings. The fourth-order valence-electron chi connectivity index (χ4n) is 2.21. The summed E-state index contributed by atoms with van der Waals surface area (Å²) < 4.78 is 1.91. The second kappa shape index (κ2) is 5.65. The number of carbonyl (C=O) groups is 1. The Kier molecular flexibility index (Phi) is 4.12. The lowest BCUT2D eigenvalue weighted by atomic mass is 10.2. The number of nitrogens with zero attached hydrogens (tertiary/aromatic N) is 2. The SMILES string of the molecule is Cc1cn(-c2cccc3ncccc23)cc1C(=O)Cl.Cl. The maximum absolute atomic E-state index is 11.3. The lowest BCUT2D eigenvalue weighted by molar-refractivity contribution is 0.108. The van der Waals surface area contributed by atoms with Crippen LogP contribution >= 0.6 is 24.0 Å². The number of rotatable bonds is 2. The first-order chi connectivity index (χ1) is 9.16. The molecule has 0 fully saturated rings. The summed E-state index contributed by atoms with van der Waals surface area (Å²) in [5.74, 6) is 0. The zero-order valence-electron chi connectivity index (χ0n) is 10.7. The molecule has 5 heteroatoms. The van der Waals surface area contributed by atoms with E-state index in [-0.39, 0.29) is 12.4 Å². The molecule has 0 amide bonds. The molecular weight excluding hydrogens is 295 g/mol. The van der Waals surface area contributed by atoms with Crippen LogP contribution in [0.3, 0.4) is 0 Å². The molecule has 1 aromatic carbocycles. The van der Waals surface area contributed by atoms with Crippen molar-refractivity contribution in [3.8, 4) is 5.69 Å². The maximum Gasteiger partial charge on any atom is 0.254 e. The molecule has 0 bridgehead atoms. The Morgan fingerprint density at radius 3 is 2.70 bits per heavy atom. The predicted molar refractivity (Wildman–Crippen MR) is 83.2 cm³/mol. The highest BCUT2D eigenvalue weighted by Crippen LogP contribution is 2.23. The smallest absolute Gasteiger partial charge is 0.254 e. The van der Waals surface area contributed by atoms with Crippen LogP contribution in [0.5, 0.6) is 0 Å². The Morgan fingerprint density at radius 2 is 2.00 bits per heavy atom. The minimum atomic E-state index is -0.436. The molecule has 3 rings (SSSR count).